The molecule has 0 saturated heterocycles. The third-order valence-corrected chi connectivity index (χ3v) is 1.57. The lowest BCUT2D eigenvalue weighted by Gasteiger charge is -2.11. The fraction of sp³-hybridized carbons (Fsp3) is 0.250. The smallest absolute Gasteiger partial charge is 0.0733 e. The molecule has 66 valence electrons. The molecule has 0 aromatic heterocycles. The highest BCUT2D eigenvalue weighted by molar-refractivity contribution is 5.15. The van der Waals surface area contributed by atoms with Gasteiger partial charge >= 0.3 is 0 Å². The van der Waals surface area contributed by atoms with E-state index in [-0.39, 0.29) is 6.17 Å². The highest BCUT2D eigenvalue weighted by Crippen LogP contribution is 1.99. The highest BCUT2D eigenvalue weighted by atomic mass is 15.5. The molecule has 0 aliphatic rings. The topological polar surface area (TPSA) is 76.1 Å². The fourth-order valence-electron chi connectivity index (χ4n) is 1.03. The molecule has 0 fully saturated rings. The van der Waals surface area contributed by atoms with Crippen LogP contribution < -0.4 is 22.5 Å². The lowest BCUT2D eigenvalue weighted by molar-refractivity contribution is 0.444. The van der Waals surface area contributed by atoms with Crippen molar-refractivity contribution in [2.75, 3.05) is 0 Å². The molecule has 0 amide bonds. The normalized spacial score (nSPS) is 12.8. The van der Waals surface area contributed by atoms with Gasteiger partial charge < -0.3 is 5.73 Å². The van der Waals surface area contributed by atoms with E-state index in [0.29, 0.717) is 0 Å². The maximum absolute atomic E-state index is 5.66. The van der Waals surface area contributed by atoms with Gasteiger partial charge in [-0.3, -0.25) is 5.84 Å². The van der Waals surface area contributed by atoms with Gasteiger partial charge in [-0.25, -0.2) is 5.43 Å². The predicted octanol–water partition coefficient (Wildman–Crippen LogP) is -0.518. The predicted molar refractivity (Wildman–Crippen MR) is 48.6 cm³/mol. The summed E-state index contributed by atoms with van der Waals surface area (Å²) in [6.07, 6.45) is 0.600. The number of hydrogen-bond donors (Lipinski definition) is 4. The van der Waals surface area contributed by atoms with Crippen LogP contribution in [0.25, 0.3) is 0 Å². The van der Waals surface area contributed by atoms with E-state index in [2.05, 4.69) is 11.0 Å². The summed E-state index contributed by atoms with van der Waals surface area (Å²) in [6.45, 7) is 0. The Kier molecular flexibility index (Phi) is 3.69. The third kappa shape index (κ3) is 2.98. The summed E-state index contributed by atoms with van der Waals surface area (Å²) in [6, 6.07) is 10.00. The van der Waals surface area contributed by atoms with Crippen LogP contribution in [-0.2, 0) is 6.42 Å². The maximum Gasteiger partial charge on any atom is 0.0733 e. The van der Waals surface area contributed by atoms with Crippen molar-refractivity contribution in [3.63, 3.8) is 0 Å². The van der Waals surface area contributed by atoms with E-state index in [1.807, 2.05) is 30.3 Å². The molecule has 0 spiro atoms. The Bertz CT molecular complexity index is 212. The van der Waals surface area contributed by atoms with Gasteiger partial charge in [-0.15, -0.1) is 0 Å². The molecule has 0 aliphatic carbocycles. The van der Waals surface area contributed by atoms with Gasteiger partial charge in [-0.1, -0.05) is 30.3 Å². The lowest BCUT2D eigenvalue weighted by Crippen LogP contribution is -2.50. The Hall–Kier alpha value is -0.940. The van der Waals surface area contributed by atoms with Crippen LogP contribution in [0, 0.1) is 0 Å². The summed E-state index contributed by atoms with van der Waals surface area (Å²) in [7, 11) is 0. The first-order valence-electron chi connectivity index (χ1n) is 3.83. The Morgan fingerprint density at radius 1 is 1.25 bits per heavy atom. The van der Waals surface area contributed by atoms with E-state index in [1.54, 1.807) is 0 Å². The number of nitrogens with one attached hydrogen (secondary N) is 2. The monoisotopic (exact) mass is 166 g/mol. The minimum absolute atomic E-state index is 0.155. The van der Waals surface area contributed by atoms with Crippen LogP contribution in [0.5, 0.6) is 0 Å². The highest BCUT2D eigenvalue weighted by Gasteiger charge is 2.00. The van der Waals surface area contributed by atoms with Gasteiger partial charge in [0.2, 0.25) is 0 Å². The van der Waals surface area contributed by atoms with Crippen molar-refractivity contribution in [1.29, 1.82) is 0 Å². The van der Waals surface area contributed by atoms with Crippen LogP contribution in [0.4, 0.5) is 0 Å². The molecule has 0 heterocycles. The van der Waals surface area contributed by atoms with Crippen molar-refractivity contribution < 1.29 is 0 Å². The van der Waals surface area contributed by atoms with Gasteiger partial charge in [0.25, 0.3) is 0 Å². The number of hydrazine groups is 2. The average Bonchev–Trinajstić information content (AvgIpc) is 2.06. The van der Waals surface area contributed by atoms with Crippen LogP contribution >= 0.6 is 0 Å². The molecule has 0 aliphatic heterocycles. The van der Waals surface area contributed by atoms with Gasteiger partial charge in [-0.2, -0.15) is 5.53 Å². The summed E-state index contributed by atoms with van der Waals surface area (Å²) < 4.78 is 0. The van der Waals surface area contributed by atoms with E-state index in [4.69, 9.17) is 11.6 Å². The Balaban J connectivity index is 2.41. The molecular formula is C8H14N4. The molecule has 1 aromatic carbocycles. The molecule has 6 N–H and O–H groups in total. The van der Waals surface area contributed by atoms with Crippen molar-refractivity contribution in [2.45, 2.75) is 12.6 Å². The van der Waals surface area contributed by atoms with Gasteiger partial charge in [0, 0.05) is 6.42 Å². The van der Waals surface area contributed by atoms with Gasteiger partial charge in [-0.05, 0) is 5.56 Å². The first-order chi connectivity index (χ1) is 5.83. The van der Waals surface area contributed by atoms with E-state index in [1.165, 1.54) is 5.56 Å². The number of benzene rings is 1. The zero-order valence-electron chi connectivity index (χ0n) is 6.83. The first kappa shape index (κ1) is 9.15. The van der Waals surface area contributed by atoms with Crippen molar-refractivity contribution in [1.82, 2.24) is 11.0 Å². The second-order valence-corrected chi connectivity index (χ2v) is 2.58. The first-order valence-corrected chi connectivity index (χ1v) is 3.83. The molecule has 4 heteroatoms. The summed E-state index contributed by atoms with van der Waals surface area (Å²) in [4.78, 5) is 0. The van der Waals surface area contributed by atoms with Gasteiger partial charge in [0.15, 0.2) is 0 Å². The Morgan fingerprint density at radius 3 is 2.50 bits per heavy atom. The minimum Gasteiger partial charge on any atom is -0.315 e. The third-order valence-electron chi connectivity index (χ3n) is 1.57. The van der Waals surface area contributed by atoms with E-state index < -0.39 is 0 Å². The molecule has 0 radical (unpaired) electrons. The van der Waals surface area contributed by atoms with Crippen molar-refractivity contribution in [3.05, 3.63) is 35.9 Å². The largest absolute Gasteiger partial charge is 0.315 e. The van der Waals surface area contributed by atoms with E-state index in [0.717, 1.165) is 6.42 Å². The van der Waals surface area contributed by atoms with Gasteiger partial charge in [0.1, 0.15) is 0 Å². The molecule has 1 atom stereocenters. The van der Waals surface area contributed by atoms with Crippen molar-refractivity contribution in [2.24, 2.45) is 11.6 Å². The summed E-state index contributed by atoms with van der Waals surface area (Å²) >= 11 is 0. The molecule has 0 saturated carbocycles. The van der Waals surface area contributed by atoms with Crippen molar-refractivity contribution >= 4 is 0 Å². The molecule has 0 bridgehead atoms. The van der Waals surface area contributed by atoms with E-state index in [9.17, 15) is 0 Å². The van der Waals surface area contributed by atoms with Crippen LogP contribution in [0.15, 0.2) is 30.3 Å². The molecule has 12 heavy (non-hydrogen) atoms. The molecule has 1 rings (SSSR count). The molecule has 4 nitrogen and oxygen atoms in total. The van der Waals surface area contributed by atoms with Crippen LogP contribution in [0.3, 0.4) is 0 Å². The van der Waals surface area contributed by atoms with E-state index >= 15 is 0 Å². The maximum atomic E-state index is 5.66. The second kappa shape index (κ2) is 4.84. The number of rotatable bonds is 4. The standard InChI is InChI=1S/C8H14N4/c9-8(11-12-10)6-7-4-2-1-3-5-7/h1-5,8,11-12H,6,9-10H2. The summed E-state index contributed by atoms with van der Waals surface area (Å²) in [5.41, 5.74) is 11.9. The SMILES string of the molecule is NNNC(N)Cc1ccccc1. The average molecular weight is 166 g/mol. The van der Waals surface area contributed by atoms with Gasteiger partial charge in [0.05, 0.1) is 6.17 Å². The van der Waals surface area contributed by atoms with Crippen LogP contribution in [-0.4, -0.2) is 6.17 Å². The summed E-state index contributed by atoms with van der Waals surface area (Å²) in [5, 5.41) is 0. The quantitative estimate of drug-likeness (QED) is 0.276. The minimum atomic E-state index is -0.155. The van der Waals surface area contributed by atoms with Crippen LogP contribution in [0.1, 0.15) is 5.56 Å². The molecule has 1 aromatic rings. The zero-order chi connectivity index (χ0) is 8.81. The molecular weight excluding hydrogens is 152 g/mol. The second-order valence-electron chi connectivity index (χ2n) is 2.58. The zero-order valence-corrected chi connectivity index (χ0v) is 6.83. The Labute approximate surface area is 71.9 Å². The lowest BCUT2D eigenvalue weighted by atomic mass is 10.1. The number of nitrogens with two attached hydrogens (primary N) is 2. The fourth-order valence-corrected chi connectivity index (χ4v) is 1.03. The van der Waals surface area contributed by atoms with Crippen molar-refractivity contribution in [3.8, 4) is 0 Å². The summed E-state index contributed by atoms with van der Waals surface area (Å²) in [5.74, 6) is 5.04. The van der Waals surface area contributed by atoms with Crippen LogP contribution in [0.2, 0.25) is 0 Å². The molecule has 1 unspecified atom stereocenters. The number of hydrogen-bond acceptors (Lipinski definition) is 4. The Morgan fingerprint density at radius 2 is 1.92 bits per heavy atom.